The molecule has 0 aliphatic carbocycles. The van der Waals surface area contributed by atoms with Crippen molar-refractivity contribution >= 4 is 5.91 Å². The van der Waals surface area contributed by atoms with E-state index >= 15 is 0 Å². The molecule has 1 atom stereocenters. The summed E-state index contributed by atoms with van der Waals surface area (Å²) in [5.41, 5.74) is -0.0930. The molecule has 0 saturated heterocycles. The van der Waals surface area contributed by atoms with Crippen molar-refractivity contribution < 1.29 is 4.79 Å². The molecule has 0 fully saturated rings. The number of hydrogen-bond donors (Lipinski definition) is 2. The molecule has 0 aliphatic rings. The maximum absolute atomic E-state index is 11.7. The van der Waals surface area contributed by atoms with Crippen LogP contribution in [0.3, 0.4) is 0 Å². The molecule has 0 bridgehead atoms. The Balaban J connectivity index is 3.69. The predicted molar refractivity (Wildman–Crippen MR) is 74.1 cm³/mol. The van der Waals surface area contributed by atoms with Crippen molar-refractivity contribution in [2.45, 2.75) is 78.3 Å². The lowest BCUT2D eigenvalue weighted by Crippen LogP contribution is -2.47. The first-order chi connectivity index (χ1) is 7.91. The second kappa shape index (κ2) is 8.51. The first kappa shape index (κ1) is 16.4. The van der Waals surface area contributed by atoms with Gasteiger partial charge in [0.25, 0.3) is 0 Å². The smallest absolute Gasteiger partial charge is 0.234 e. The van der Waals surface area contributed by atoms with Gasteiger partial charge in [-0.2, -0.15) is 0 Å². The highest BCUT2D eigenvalue weighted by atomic mass is 16.2. The lowest BCUT2D eigenvalue weighted by atomic mass is 10.0. The van der Waals surface area contributed by atoms with Gasteiger partial charge in [0.05, 0.1) is 6.54 Å². The average Bonchev–Trinajstić information content (AvgIpc) is 2.26. The van der Waals surface area contributed by atoms with Gasteiger partial charge in [-0.25, -0.2) is 0 Å². The second-order valence-corrected chi connectivity index (χ2v) is 5.56. The van der Waals surface area contributed by atoms with Gasteiger partial charge < -0.3 is 10.6 Å². The highest BCUT2D eigenvalue weighted by molar-refractivity contribution is 5.78. The van der Waals surface area contributed by atoms with Gasteiger partial charge in [-0.1, -0.05) is 33.1 Å². The van der Waals surface area contributed by atoms with Crippen LogP contribution in [0.25, 0.3) is 0 Å². The number of carbonyl (C=O) groups excluding carboxylic acids is 1. The molecule has 0 aromatic heterocycles. The summed E-state index contributed by atoms with van der Waals surface area (Å²) in [4.78, 5) is 11.7. The van der Waals surface area contributed by atoms with E-state index in [1.807, 2.05) is 0 Å². The topological polar surface area (TPSA) is 41.1 Å². The zero-order valence-corrected chi connectivity index (χ0v) is 12.2. The molecule has 3 nitrogen and oxygen atoms in total. The highest BCUT2D eigenvalue weighted by Crippen LogP contribution is 2.06. The Kier molecular flexibility index (Phi) is 8.23. The summed E-state index contributed by atoms with van der Waals surface area (Å²) in [6, 6.07) is 0.428. The molecule has 102 valence electrons. The first-order valence-electron chi connectivity index (χ1n) is 6.95. The van der Waals surface area contributed by atoms with Crippen LogP contribution in [0.2, 0.25) is 0 Å². The molecular weight excluding hydrogens is 212 g/mol. The fourth-order valence-corrected chi connectivity index (χ4v) is 1.58. The summed E-state index contributed by atoms with van der Waals surface area (Å²) in [7, 11) is 0. The van der Waals surface area contributed by atoms with Gasteiger partial charge in [-0.3, -0.25) is 4.79 Å². The molecule has 3 heteroatoms. The quantitative estimate of drug-likeness (QED) is 0.610. The summed E-state index contributed by atoms with van der Waals surface area (Å²) < 4.78 is 0. The Labute approximate surface area is 107 Å². The molecule has 17 heavy (non-hydrogen) atoms. The molecule has 0 aliphatic heterocycles. The molecule has 0 saturated carbocycles. The van der Waals surface area contributed by atoms with Crippen LogP contribution in [-0.2, 0) is 4.79 Å². The largest absolute Gasteiger partial charge is 0.350 e. The van der Waals surface area contributed by atoms with E-state index in [9.17, 15) is 4.79 Å². The van der Waals surface area contributed by atoms with Crippen molar-refractivity contribution in [1.82, 2.24) is 10.6 Å². The van der Waals surface area contributed by atoms with Gasteiger partial charge in [-0.05, 0) is 33.6 Å². The third-order valence-corrected chi connectivity index (χ3v) is 3.21. The Morgan fingerprint density at radius 3 is 2.41 bits per heavy atom. The molecular formula is C14H30N2O. The van der Waals surface area contributed by atoms with Crippen LogP contribution in [0.15, 0.2) is 0 Å². The minimum Gasteiger partial charge on any atom is -0.350 e. The monoisotopic (exact) mass is 242 g/mol. The van der Waals surface area contributed by atoms with Crippen molar-refractivity contribution in [2.75, 3.05) is 6.54 Å². The van der Waals surface area contributed by atoms with Crippen molar-refractivity contribution in [3.05, 3.63) is 0 Å². The molecule has 0 aromatic carbocycles. The summed E-state index contributed by atoms with van der Waals surface area (Å²) in [6.45, 7) is 11.0. The van der Waals surface area contributed by atoms with E-state index in [1.165, 1.54) is 19.3 Å². The predicted octanol–water partition coefficient (Wildman–Crippen LogP) is 2.85. The fraction of sp³-hybridized carbons (Fsp3) is 0.929. The first-order valence-corrected chi connectivity index (χ1v) is 6.95. The molecule has 0 radical (unpaired) electrons. The summed E-state index contributed by atoms with van der Waals surface area (Å²) in [5.74, 6) is 0.0965. The van der Waals surface area contributed by atoms with E-state index in [-0.39, 0.29) is 11.4 Å². The van der Waals surface area contributed by atoms with Crippen LogP contribution >= 0.6 is 0 Å². The molecule has 2 N–H and O–H groups in total. The van der Waals surface area contributed by atoms with Crippen molar-refractivity contribution in [1.29, 1.82) is 0 Å². The molecule has 0 aromatic rings. The summed E-state index contributed by atoms with van der Waals surface area (Å²) in [5, 5.41) is 6.30. The van der Waals surface area contributed by atoms with E-state index in [1.54, 1.807) is 0 Å². The van der Waals surface area contributed by atoms with Crippen LogP contribution in [0.5, 0.6) is 0 Å². The Morgan fingerprint density at radius 2 is 1.88 bits per heavy atom. The third kappa shape index (κ3) is 9.16. The Hall–Kier alpha value is -0.570. The highest BCUT2D eigenvalue weighted by Gasteiger charge is 2.17. The number of unbranched alkanes of at least 4 members (excludes halogenated alkanes) is 2. The van der Waals surface area contributed by atoms with E-state index in [2.05, 4.69) is 45.3 Å². The number of amides is 1. The van der Waals surface area contributed by atoms with Crippen LogP contribution < -0.4 is 10.6 Å². The number of carbonyl (C=O) groups is 1. The zero-order chi connectivity index (χ0) is 13.3. The molecule has 0 rings (SSSR count). The summed E-state index contributed by atoms with van der Waals surface area (Å²) in [6.07, 6.45) is 5.87. The van der Waals surface area contributed by atoms with Crippen molar-refractivity contribution in [3.8, 4) is 0 Å². The van der Waals surface area contributed by atoms with Gasteiger partial charge in [0, 0.05) is 11.6 Å². The van der Waals surface area contributed by atoms with Crippen molar-refractivity contribution in [2.24, 2.45) is 0 Å². The fourth-order valence-electron chi connectivity index (χ4n) is 1.58. The van der Waals surface area contributed by atoms with Crippen LogP contribution in [0.4, 0.5) is 0 Å². The van der Waals surface area contributed by atoms with Gasteiger partial charge in [0.1, 0.15) is 0 Å². The van der Waals surface area contributed by atoms with Crippen LogP contribution in [-0.4, -0.2) is 24.0 Å². The van der Waals surface area contributed by atoms with Crippen LogP contribution in [0.1, 0.15) is 66.7 Å². The zero-order valence-electron chi connectivity index (χ0n) is 12.2. The van der Waals surface area contributed by atoms with Crippen molar-refractivity contribution in [3.63, 3.8) is 0 Å². The summed E-state index contributed by atoms with van der Waals surface area (Å²) >= 11 is 0. The Bertz CT molecular complexity index is 214. The molecule has 1 unspecified atom stereocenters. The second-order valence-electron chi connectivity index (χ2n) is 5.56. The standard InChI is InChI=1S/C14H30N2O/c1-6-8-9-10-12(3)15-11-13(17)16-14(4,5)7-2/h12,15H,6-11H2,1-5H3,(H,16,17). The van der Waals surface area contributed by atoms with E-state index in [4.69, 9.17) is 0 Å². The van der Waals surface area contributed by atoms with Gasteiger partial charge >= 0.3 is 0 Å². The van der Waals surface area contributed by atoms with E-state index in [0.29, 0.717) is 12.6 Å². The van der Waals surface area contributed by atoms with Gasteiger partial charge in [0.2, 0.25) is 5.91 Å². The maximum atomic E-state index is 11.7. The normalized spacial score (nSPS) is 13.5. The Morgan fingerprint density at radius 1 is 1.24 bits per heavy atom. The number of hydrogen-bond acceptors (Lipinski definition) is 2. The van der Waals surface area contributed by atoms with E-state index in [0.717, 1.165) is 12.8 Å². The lowest BCUT2D eigenvalue weighted by Gasteiger charge is -2.25. The third-order valence-electron chi connectivity index (χ3n) is 3.21. The average molecular weight is 242 g/mol. The number of nitrogens with one attached hydrogen (secondary N) is 2. The lowest BCUT2D eigenvalue weighted by molar-refractivity contribution is -0.122. The minimum absolute atomic E-state index is 0.0930. The SMILES string of the molecule is CCCCCC(C)NCC(=O)NC(C)(C)CC. The maximum Gasteiger partial charge on any atom is 0.234 e. The molecule has 0 spiro atoms. The van der Waals surface area contributed by atoms with Gasteiger partial charge in [-0.15, -0.1) is 0 Å². The molecule has 1 amide bonds. The van der Waals surface area contributed by atoms with E-state index < -0.39 is 0 Å². The van der Waals surface area contributed by atoms with Crippen LogP contribution in [0, 0.1) is 0 Å². The molecule has 0 heterocycles. The van der Waals surface area contributed by atoms with Gasteiger partial charge in [0.15, 0.2) is 0 Å². The minimum atomic E-state index is -0.0930. The number of rotatable bonds is 9.